The number of allylic oxidation sites excluding steroid dienone is 12. The Morgan fingerprint density at radius 2 is 1.10 bits per heavy atom. The van der Waals surface area contributed by atoms with Gasteiger partial charge in [0.05, 0.1) is 0 Å². The summed E-state index contributed by atoms with van der Waals surface area (Å²) in [5.41, 5.74) is 19.2. The fourth-order valence-electron chi connectivity index (χ4n) is 7.42. The monoisotopic (exact) mass is 935 g/mol. The van der Waals surface area contributed by atoms with Crippen molar-refractivity contribution in [1.29, 1.82) is 0 Å². The van der Waals surface area contributed by atoms with Crippen molar-refractivity contribution in [2.24, 2.45) is 5.73 Å². The second kappa shape index (κ2) is 23.6. The zero-order chi connectivity index (χ0) is 46.9. The van der Waals surface area contributed by atoms with Gasteiger partial charge in [0.2, 0.25) is 0 Å². The van der Waals surface area contributed by atoms with Gasteiger partial charge in [-0.05, 0) is 161 Å². The number of hydrogen-bond acceptors (Lipinski definition) is 6. The average Bonchev–Trinajstić information content (AvgIpc) is 4.21. The molecule has 0 atom stereocenters. The first-order valence-corrected chi connectivity index (χ1v) is 25.0. The minimum absolute atomic E-state index is 1.05. The van der Waals surface area contributed by atoms with E-state index in [2.05, 4.69) is 229 Å². The number of anilines is 4. The molecular formula is C62H53N3S3. The summed E-state index contributed by atoms with van der Waals surface area (Å²) < 4.78 is 0. The van der Waals surface area contributed by atoms with Crippen molar-refractivity contribution >= 4 is 86.1 Å². The summed E-state index contributed by atoms with van der Waals surface area (Å²) in [5.74, 6) is 0. The largest absolute Gasteiger partial charge is 0.405 e. The SMILES string of the molecule is C=C/C=C/c1ccc(N(c2ccc(/C=C/C=C\N)cc2)c2ccc(-c3ccc(-c4ccc(-c5ccc(\C=C/C(=C\C=C\Nc6ccc(/C(C)=C/C=C\C)cc6)c6cccs6)cc5)s4)s3)cc2)cc1. The third-order valence-corrected chi connectivity index (χ3v) is 14.4. The molecule has 0 fully saturated rings. The van der Waals surface area contributed by atoms with Gasteiger partial charge in [-0.3, -0.25) is 0 Å². The van der Waals surface area contributed by atoms with Gasteiger partial charge in [-0.15, -0.1) is 34.0 Å². The number of hydrogen-bond donors (Lipinski definition) is 2. The maximum absolute atomic E-state index is 5.52. The quantitative estimate of drug-likeness (QED) is 0.0843. The van der Waals surface area contributed by atoms with Crippen molar-refractivity contribution < 1.29 is 0 Å². The topological polar surface area (TPSA) is 41.3 Å². The molecule has 8 aromatic rings. The molecular weight excluding hydrogens is 883 g/mol. The lowest BCUT2D eigenvalue weighted by atomic mass is 10.1. The third kappa shape index (κ3) is 12.4. The van der Waals surface area contributed by atoms with Crippen LogP contribution in [0.5, 0.6) is 0 Å². The lowest BCUT2D eigenvalue weighted by molar-refractivity contribution is 1.28. The number of nitrogens with zero attached hydrogens (tertiary/aromatic N) is 1. The first-order chi connectivity index (χ1) is 33.5. The molecule has 0 unspecified atom stereocenters. The molecule has 334 valence electrons. The van der Waals surface area contributed by atoms with E-state index in [9.17, 15) is 0 Å². The van der Waals surface area contributed by atoms with Gasteiger partial charge in [-0.25, -0.2) is 0 Å². The Bertz CT molecular complexity index is 3130. The van der Waals surface area contributed by atoms with E-state index in [0.29, 0.717) is 0 Å². The molecule has 8 rings (SSSR count). The number of rotatable bonds is 18. The zero-order valence-electron chi connectivity index (χ0n) is 38.2. The van der Waals surface area contributed by atoms with E-state index in [1.165, 1.54) is 52.8 Å². The Labute approximate surface area is 413 Å². The summed E-state index contributed by atoms with van der Waals surface area (Å²) >= 11 is 5.41. The Morgan fingerprint density at radius 3 is 1.66 bits per heavy atom. The van der Waals surface area contributed by atoms with Crippen LogP contribution in [0.3, 0.4) is 0 Å². The van der Waals surface area contributed by atoms with Gasteiger partial charge in [-0.2, -0.15) is 0 Å². The summed E-state index contributed by atoms with van der Waals surface area (Å²) in [6.07, 6.45) is 30.0. The van der Waals surface area contributed by atoms with Gasteiger partial charge in [0.25, 0.3) is 0 Å². The molecule has 6 heteroatoms. The molecule has 3 aromatic heterocycles. The Hall–Kier alpha value is -7.74. The minimum atomic E-state index is 1.05. The van der Waals surface area contributed by atoms with E-state index < -0.39 is 0 Å². The molecule has 3 N–H and O–H groups in total. The second-order valence-electron chi connectivity index (χ2n) is 15.7. The van der Waals surface area contributed by atoms with E-state index in [0.717, 1.165) is 45.0 Å². The Balaban J connectivity index is 0.930. The molecule has 3 heterocycles. The molecule has 0 aliphatic heterocycles. The molecule has 0 aliphatic carbocycles. The average molecular weight is 936 g/mol. The van der Waals surface area contributed by atoms with Crippen LogP contribution in [0.15, 0.2) is 243 Å². The van der Waals surface area contributed by atoms with Crippen molar-refractivity contribution in [2.45, 2.75) is 13.8 Å². The third-order valence-electron chi connectivity index (χ3n) is 11.1. The van der Waals surface area contributed by atoms with Crippen LogP contribution in [0, 0.1) is 0 Å². The maximum atomic E-state index is 5.52. The van der Waals surface area contributed by atoms with Crippen LogP contribution in [-0.2, 0) is 0 Å². The lowest BCUT2D eigenvalue weighted by Crippen LogP contribution is -2.09. The normalized spacial score (nSPS) is 12.5. The van der Waals surface area contributed by atoms with Crippen LogP contribution in [0.4, 0.5) is 22.7 Å². The fourth-order valence-corrected chi connectivity index (χ4v) is 10.3. The van der Waals surface area contributed by atoms with Crippen molar-refractivity contribution in [3.63, 3.8) is 0 Å². The molecule has 0 saturated heterocycles. The molecule has 0 spiro atoms. The highest BCUT2D eigenvalue weighted by Gasteiger charge is 2.14. The molecule has 68 heavy (non-hydrogen) atoms. The summed E-state index contributed by atoms with van der Waals surface area (Å²) in [6.45, 7) is 7.97. The highest BCUT2D eigenvalue weighted by Crippen LogP contribution is 2.42. The molecule has 0 bridgehead atoms. The maximum Gasteiger partial charge on any atom is 0.0462 e. The van der Waals surface area contributed by atoms with Crippen molar-refractivity contribution in [1.82, 2.24) is 0 Å². The summed E-state index contributed by atoms with van der Waals surface area (Å²) in [6, 6.07) is 56.7. The van der Waals surface area contributed by atoms with Crippen LogP contribution in [-0.4, -0.2) is 0 Å². The van der Waals surface area contributed by atoms with Crippen molar-refractivity contribution in [2.75, 3.05) is 10.2 Å². The first-order valence-electron chi connectivity index (χ1n) is 22.5. The smallest absolute Gasteiger partial charge is 0.0462 e. The molecule has 0 saturated carbocycles. The molecule has 5 aromatic carbocycles. The van der Waals surface area contributed by atoms with Crippen LogP contribution < -0.4 is 16.0 Å². The fraction of sp³-hybridized carbons (Fsp3) is 0.0323. The summed E-state index contributed by atoms with van der Waals surface area (Å²) in [5, 5.41) is 5.53. The Morgan fingerprint density at radius 1 is 0.559 bits per heavy atom. The number of thiophene rings is 3. The molecule has 0 amide bonds. The number of nitrogens with one attached hydrogen (secondary N) is 1. The van der Waals surface area contributed by atoms with Gasteiger partial charge in [0.1, 0.15) is 0 Å². The number of benzene rings is 5. The van der Waals surface area contributed by atoms with Gasteiger partial charge >= 0.3 is 0 Å². The lowest BCUT2D eigenvalue weighted by Gasteiger charge is -2.26. The predicted octanol–water partition coefficient (Wildman–Crippen LogP) is 18.7. The van der Waals surface area contributed by atoms with Gasteiger partial charge in [-0.1, -0.05) is 152 Å². The van der Waals surface area contributed by atoms with Gasteiger partial charge < -0.3 is 16.0 Å². The number of nitrogens with two attached hydrogens (primary N) is 1. The standard InChI is InChI=1S/C62H53N3S3/c1-4-6-12-46(3)50-27-31-54(32-28-50)64-44-10-15-51(58-16-11-45-66-58)24-17-49-18-25-52(26-19-49)59-39-41-61(67-59)62-42-40-60(68-62)53-29-37-57(38-30-53)65(55-33-20-47(21-34-55)13-7-5-2)56-35-22-48(23-36-56)14-8-9-43-63/h4-45,64H,2,63H2,1,3H3/b6-4-,13-7+,14-8+,24-17-,43-9-,44-10+,46-12+,51-15+. The van der Waals surface area contributed by atoms with Crippen LogP contribution in [0.1, 0.15) is 41.0 Å². The van der Waals surface area contributed by atoms with Crippen molar-refractivity contribution in [3.05, 3.63) is 270 Å². The molecule has 3 nitrogen and oxygen atoms in total. The van der Waals surface area contributed by atoms with E-state index in [1.807, 2.05) is 66.2 Å². The van der Waals surface area contributed by atoms with E-state index in [-0.39, 0.29) is 0 Å². The first kappa shape index (κ1) is 46.8. The van der Waals surface area contributed by atoms with E-state index in [1.54, 1.807) is 17.4 Å². The van der Waals surface area contributed by atoms with E-state index >= 15 is 0 Å². The molecule has 0 aliphatic rings. The van der Waals surface area contributed by atoms with Crippen LogP contribution >= 0.6 is 34.0 Å². The summed E-state index contributed by atoms with van der Waals surface area (Å²) in [7, 11) is 0. The highest BCUT2D eigenvalue weighted by atomic mass is 32.1. The van der Waals surface area contributed by atoms with E-state index in [4.69, 9.17) is 5.73 Å². The minimum Gasteiger partial charge on any atom is -0.405 e. The molecule has 0 radical (unpaired) electrons. The Kier molecular flexibility index (Phi) is 16.3. The van der Waals surface area contributed by atoms with Gasteiger partial charge in [0, 0.05) is 53.3 Å². The van der Waals surface area contributed by atoms with Crippen molar-refractivity contribution in [3.8, 4) is 30.6 Å². The van der Waals surface area contributed by atoms with Gasteiger partial charge in [0.15, 0.2) is 0 Å². The second-order valence-corrected chi connectivity index (χ2v) is 18.9. The van der Waals surface area contributed by atoms with Crippen LogP contribution in [0.2, 0.25) is 0 Å². The predicted molar refractivity (Wildman–Crippen MR) is 304 cm³/mol. The zero-order valence-corrected chi connectivity index (χ0v) is 40.7. The summed E-state index contributed by atoms with van der Waals surface area (Å²) in [4.78, 5) is 8.54. The highest BCUT2D eigenvalue weighted by molar-refractivity contribution is 7.25. The van der Waals surface area contributed by atoms with Crippen LogP contribution in [0.25, 0.3) is 60.0 Å².